The zero-order valence-electron chi connectivity index (χ0n) is 20.1. The summed E-state index contributed by atoms with van der Waals surface area (Å²) in [5, 5.41) is 0. The van der Waals surface area contributed by atoms with Crippen molar-refractivity contribution in [3.05, 3.63) is 88.5 Å². The molecule has 3 aliphatic rings. The molecule has 0 aliphatic heterocycles. The van der Waals surface area contributed by atoms with Gasteiger partial charge < -0.3 is 0 Å². The van der Waals surface area contributed by atoms with Crippen LogP contribution >= 0.6 is 0 Å². The number of benzene rings is 2. The summed E-state index contributed by atoms with van der Waals surface area (Å²) in [5.74, 6) is 2.21. The molecule has 3 aliphatic carbocycles. The fraction of sp³-hybridized carbons (Fsp3) is 0.438. The summed E-state index contributed by atoms with van der Waals surface area (Å²) < 4.78 is 0. The highest BCUT2D eigenvalue weighted by Gasteiger charge is 2.27. The maximum atomic E-state index is 4.34. The number of fused-ring (bicyclic) bond motifs is 1. The Kier molecular flexibility index (Phi) is 5.97. The van der Waals surface area contributed by atoms with Crippen LogP contribution in [0.4, 0.5) is 0 Å². The van der Waals surface area contributed by atoms with Gasteiger partial charge in [0, 0.05) is 5.92 Å². The smallest absolute Gasteiger partial charge is 0.00392 e. The molecular weight excluding hydrogens is 384 g/mol. The van der Waals surface area contributed by atoms with Crippen LogP contribution in [0.1, 0.15) is 74.1 Å². The van der Waals surface area contributed by atoms with E-state index >= 15 is 0 Å². The number of aryl methyl sites for hydroxylation is 1. The first-order valence-electron chi connectivity index (χ1n) is 12.7. The highest BCUT2D eigenvalue weighted by atomic mass is 14.3. The third-order valence-electron chi connectivity index (χ3n) is 8.30. The van der Waals surface area contributed by atoms with Gasteiger partial charge in [-0.2, -0.15) is 0 Å². The monoisotopic (exact) mass is 422 g/mol. The van der Waals surface area contributed by atoms with Crippen molar-refractivity contribution in [3.63, 3.8) is 0 Å². The van der Waals surface area contributed by atoms with E-state index in [1.54, 1.807) is 11.1 Å². The predicted octanol–water partition coefficient (Wildman–Crippen LogP) is 8.88. The Morgan fingerprint density at radius 2 is 1.75 bits per heavy atom. The Labute approximate surface area is 195 Å². The summed E-state index contributed by atoms with van der Waals surface area (Å²) in [6.45, 7) is 13.3. The summed E-state index contributed by atoms with van der Waals surface area (Å²) in [6, 6.07) is 14.1. The molecule has 2 fully saturated rings. The third-order valence-corrected chi connectivity index (χ3v) is 8.30. The number of hydrogen-bond donors (Lipinski definition) is 0. The summed E-state index contributed by atoms with van der Waals surface area (Å²) in [5.41, 5.74) is 13.1. The lowest BCUT2D eigenvalue weighted by Crippen LogP contribution is -2.15. The van der Waals surface area contributed by atoms with Gasteiger partial charge in [-0.1, -0.05) is 104 Å². The number of hydrogen-bond acceptors (Lipinski definition) is 0. The molecule has 0 bridgehead atoms. The van der Waals surface area contributed by atoms with E-state index in [-0.39, 0.29) is 0 Å². The van der Waals surface area contributed by atoms with Crippen molar-refractivity contribution < 1.29 is 0 Å². The molecule has 2 atom stereocenters. The minimum Gasteiger partial charge on any atom is -0.0992 e. The van der Waals surface area contributed by atoms with Crippen LogP contribution in [-0.4, -0.2) is 0 Å². The summed E-state index contributed by atoms with van der Waals surface area (Å²) in [7, 11) is 0. The van der Waals surface area contributed by atoms with Gasteiger partial charge in [0.05, 0.1) is 0 Å². The first-order valence-corrected chi connectivity index (χ1v) is 12.7. The van der Waals surface area contributed by atoms with E-state index in [1.807, 2.05) is 0 Å². The second-order valence-corrected chi connectivity index (χ2v) is 10.9. The molecule has 166 valence electrons. The third kappa shape index (κ3) is 4.29. The first kappa shape index (κ1) is 21.5. The molecule has 0 heteroatoms. The van der Waals surface area contributed by atoms with Gasteiger partial charge in [0.1, 0.15) is 0 Å². The van der Waals surface area contributed by atoms with Crippen molar-refractivity contribution in [1.82, 2.24) is 0 Å². The van der Waals surface area contributed by atoms with Crippen LogP contribution in [0.5, 0.6) is 0 Å². The lowest BCUT2D eigenvalue weighted by atomic mass is 9.78. The molecule has 32 heavy (non-hydrogen) atoms. The van der Waals surface area contributed by atoms with Crippen molar-refractivity contribution >= 4 is 6.08 Å². The summed E-state index contributed by atoms with van der Waals surface area (Å²) >= 11 is 0. The molecule has 0 N–H and O–H groups in total. The molecule has 0 heterocycles. The molecule has 0 amide bonds. The van der Waals surface area contributed by atoms with Crippen molar-refractivity contribution in [1.29, 1.82) is 0 Å². The SMILES string of the molecule is C=C1CCC(=C)C1CC1=Cc2cccc(-c3cc(C)ccc3CC3CCCC(C)C3)c2C1. The molecule has 2 unspecified atom stereocenters. The lowest BCUT2D eigenvalue weighted by molar-refractivity contribution is 0.281. The van der Waals surface area contributed by atoms with E-state index in [4.69, 9.17) is 0 Å². The van der Waals surface area contributed by atoms with Crippen LogP contribution in [-0.2, 0) is 12.8 Å². The van der Waals surface area contributed by atoms with Crippen LogP contribution in [0.15, 0.2) is 66.3 Å². The van der Waals surface area contributed by atoms with E-state index < -0.39 is 0 Å². The predicted molar refractivity (Wildman–Crippen MR) is 139 cm³/mol. The van der Waals surface area contributed by atoms with Gasteiger partial charge in [0.15, 0.2) is 0 Å². The minimum atomic E-state index is 0.488. The van der Waals surface area contributed by atoms with Crippen LogP contribution in [0.2, 0.25) is 0 Å². The van der Waals surface area contributed by atoms with E-state index in [0.29, 0.717) is 5.92 Å². The molecule has 2 saturated carbocycles. The molecule has 2 aromatic carbocycles. The van der Waals surface area contributed by atoms with E-state index in [1.165, 1.54) is 71.1 Å². The van der Waals surface area contributed by atoms with Gasteiger partial charge in [0.2, 0.25) is 0 Å². The van der Waals surface area contributed by atoms with Crippen molar-refractivity contribution in [3.8, 4) is 11.1 Å². The lowest BCUT2D eigenvalue weighted by Gasteiger charge is -2.27. The van der Waals surface area contributed by atoms with E-state index in [2.05, 4.69) is 69.5 Å². The van der Waals surface area contributed by atoms with Crippen LogP contribution in [0.25, 0.3) is 17.2 Å². The van der Waals surface area contributed by atoms with Crippen molar-refractivity contribution in [2.45, 2.75) is 71.6 Å². The topological polar surface area (TPSA) is 0 Å². The molecule has 5 rings (SSSR count). The normalized spacial score (nSPS) is 23.5. The van der Waals surface area contributed by atoms with Crippen molar-refractivity contribution in [2.75, 3.05) is 0 Å². The Hall–Kier alpha value is -2.34. The van der Waals surface area contributed by atoms with Crippen LogP contribution in [0, 0.1) is 24.7 Å². The fourth-order valence-electron chi connectivity index (χ4n) is 6.50. The zero-order chi connectivity index (χ0) is 22.2. The Morgan fingerprint density at radius 1 is 0.938 bits per heavy atom. The summed E-state index contributed by atoms with van der Waals surface area (Å²) in [4.78, 5) is 0. The van der Waals surface area contributed by atoms with Gasteiger partial charge in [0.25, 0.3) is 0 Å². The molecule has 0 aromatic heterocycles. The summed E-state index contributed by atoms with van der Waals surface area (Å²) in [6.07, 6.45) is 13.7. The number of rotatable bonds is 5. The van der Waals surface area contributed by atoms with Crippen LogP contribution < -0.4 is 0 Å². The molecule has 2 aromatic rings. The molecule has 0 radical (unpaired) electrons. The Morgan fingerprint density at radius 3 is 2.53 bits per heavy atom. The minimum absolute atomic E-state index is 0.488. The zero-order valence-corrected chi connectivity index (χ0v) is 20.1. The van der Waals surface area contributed by atoms with Gasteiger partial charge in [-0.25, -0.2) is 0 Å². The number of allylic oxidation sites excluding steroid dienone is 3. The maximum Gasteiger partial charge on any atom is 0.00392 e. The van der Waals surface area contributed by atoms with Crippen molar-refractivity contribution in [2.24, 2.45) is 17.8 Å². The highest BCUT2D eigenvalue weighted by Crippen LogP contribution is 2.43. The van der Waals surface area contributed by atoms with E-state index in [9.17, 15) is 0 Å². The molecule has 0 spiro atoms. The van der Waals surface area contributed by atoms with Gasteiger partial charge in [-0.3, -0.25) is 0 Å². The average Bonchev–Trinajstić information content (AvgIpc) is 3.33. The quantitative estimate of drug-likeness (QED) is 0.422. The van der Waals surface area contributed by atoms with Gasteiger partial charge in [-0.15, -0.1) is 0 Å². The fourth-order valence-corrected chi connectivity index (χ4v) is 6.50. The van der Waals surface area contributed by atoms with Gasteiger partial charge >= 0.3 is 0 Å². The highest BCUT2D eigenvalue weighted by molar-refractivity contribution is 5.79. The average molecular weight is 423 g/mol. The Balaban J connectivity index is 1.42. The Bertz CT molecular complexity index is 1060. The molecular formula is C32H38. The van der Waals surface area contributed by atoms with E-state index in [0.717, 1.165) is 37.5 Å². The molecule has 0 nitrogen and oxygen atoms in total. The second-order valence-electron chi connectivity index (χ2n) is 10.9. The van der Waals surface area contributed by atoms with Gasteiger partial charge in [-0.05, 0) is 85.1 Å². The second kappa shape index (κ2) is 8.89. The standard InChI is InChI=1S/C32H38/c1-21-7-5-8-25(15-21)17-28-14-11-22(2)16-31(28)29-10-6-9-27-18-26(20-32(27)29)19-30-23(3)12-13-24(30)4/h6,9-11,14,16,18,21,25,30H,3-5,7-8,12-13,15,17,19-20H2,1-2H3. The van der Waals surface area contributed by atoms with Crippen LogP contribution in [0.3, 0.4) is 0 Å². The maximum absolute atomic E-state index is 4.34. The largest absolute Gasteiger partial charge is 0.0992 e. The first-order chi connectivity index (χ1) is 15.5. The molecule has 0 saturated heterocycles.